The number of aromatic nitrogens is 6. The number of amides is 1. The molecule has 5 aromatic heterocycles. The van der Waals surface area contributed by atoms with Crippen LogP contribution in [-0.4, -0.2) is 36.0 Å². The van der Waals surface area contributed by atoms with Gasteiger partial charge in [-0.05, 0) is 47.9 Å². The van der Waals surface area contributed by atoms with Gasteiger partial charge in [0.25, 0.3) is 0 Å². The third kappa shape index (κ3) is 4.86. The van der Waals surface area contributed by atoms with E-state index >= 15 is 0 Å². The van der Waals surface area contributed by atoms with Crippen molar-refractivity contribution in [2.24, 2.45) is 5.41 Å². The van der Waals surface area contributed by atoms with Gasteiger partial charge in [-0.25, -0.2) is 9.37 Å². The molecule has 0 unspecified atom stereocenters. The molecule has 6 rings (SSSR count). The SMILES string of the molecule is CC(C)(C)CC(=O)Nc1cncc(-c2ccc3[nH]nc(-c4cc5c(-c6ccccc6F)nccc5[nH]4)c3n2)c1. The summed E-state index contributed by atoms with van der Waals surface area (Å²) in [5, 5.41) is 11.3. The molecular weight excluding hydrogens is 493 g/mol. The number of pyridine rings is 3. The molecule has 1 amide bonds. The lowest BCUT2D eigenvalue weighted by atomic mass is 9.92. The Morgan fingerprint density at radius 2 is 1.85 bits per heavy atom. The minimum Gasteiger partial charge on any atom is -0.353 e. The number of H-pyrrole nitrogens is 2. The Morgan fingerprint density at radius 1 is 1.00 bits per heavy atom. The fourth-order valence-corrected chi connectivity index (χ4v) is 4.63. The van der Waals surface area contributed by atoms with E-state index in [1.165, 1.54) is 6.07 Å². The van der Waals surface area contributed by atoms with E-state index in [0.717, 1.165) is 27.7 Å². The van der Waals surface area contributed by atoms with Gasteiger partial charge in [0.1, 0.15) is 17.0 Å². The van der Waals surface area contributed by atoms with Crippen LogP contribution in [0.25, 0.3) is 55.8 Å². The molecule has 0 aliphatic carbocycles. The maximum atomic E-state index is 14.6. The van der Waals surface area contributed by atoms with E-state index in [4.69, 9.17) is 4.98 Å². The maximum Gasteiger partial charge on any atom is 0.224 e. The number of hydrogen-bond donors (Lipinski definition) is 3. The molecule has 0 saturated heterocycles. The Hall–Kier alpha value is -4.92. The second-order valence-electron chi connectivity index (χ2n) is 10.7. The summed E-state index contributed by atoms with van der Waals surface area (Å²) in [6, 6.07) is 16.0. The fourth-order valence-electron chi connectivity index (χ4n) is 4.63. The zero-order chi connectivity index (χ0) is 27.1. The molecule has 0 aliphatic rings. The normalized spacial score (nSPS) is 11.8. The highest BCUT2D eigenvalue weighted by Crippen LogP contribution is 2.34. The van der Waals surface area contributed by atoms with Gasteiger partial charge in [-0.3, -0.25) is 19.9 Å². The van der Waals surface area contributed by atoms with Crippen molar-refractivity contribution in [1.82, 2.24) is 30.1 Å². The predicted molar refractivity (Wildman–Crippen MR) is 150 cm³/mol. The zero-order valence-electron chi connectivity index (χ0n) is 21.7. The third-order valence-corrected chi connectivity index (χ3v) is 6.35. The number of anilines is 1. The standard InChI is InChI=1S/C30H26FN7O/c1-30(2,3)14-26(39)34-18-12-17(15-32-16-18)22-8-9-24-28(36-22)29(38-37-24)25-13-20-23(35-25)10-11-33-27(20)19-6-4-5-7-21(19)31/h4-13,15-16,35H,14H2,1-3H3,(H,34,39)(H,37,38). The summed E-state index contributed by atoms with van der Waals surface area (Å²) in [5.74, 6) is -0.396. The second-order valence-corrected chi connectivity index (χ2v) is 10.7. The largest absolute Gasteiger partial charge is 0.353 e. The van der Waals surface area contributed by atoms with Crippen molar-refractivity contribution in [3.63, 3.8) is 0 Å². The summed E-state index contributed by atoms with van der Waals surface area (Å²) in [6.45, 7) is 6.06. The summed E-state index contributed by atoms with van der Waals surface area (Å²) in [6.07, 6.45) is 5.39. The highest BCUT2D eigenvalue weighted by Gasteiger charge is 2.18. The average molecular weight is 520 g/mol. The molecule has 0 atom stereocenters. The lowest BCUT2D eigenvalue weighted by molar-refractivity contribution is -0.117. The lowest BCUT2D eigenvalue weighted by Crippen LogP contribution is -2.19. The second kappa shape index (κ2) is 9.43. The smallest absolute Gasteiger partial charge is 0.224 e. The minimum atomic E-state index is -0.331. The van der Waals surface area contributed by atoms with E-state index in [9.17, 15) is 9.18 Å². The van der Waals surface area contributed by atoms with Crippen LogP contribution in [0.3, 0.4) is 0 Å². The van der Waals surface area contributed by atoms with Crippen LogP contribution in [0.5, 0.6) is 0 Å². The Labute approximate surface area is 223 Å². The molecule has 0 fully saturated rings. The molecule has 0 bridgehead atoms. The quantitative estimate of drug-likeness (QED) is 0.233. The molecule has 6 aromatic rings. The number of benzene rings is 1. The monoisotopic (exact) mass is 519 g/mol. The van der Waals surface area contributed by atoms with Gasteiger partial charge in [0.15, 0.2) is 0 Å². The van der Waals surface area contributed by atoms with E-state index in [1.54, 1.807) is 36.8 Å². The molecule has 8 nitrogen and oxygen atoms in total. The Balaban J connectivity index is 1.37. The minimum absolute atomic E-state index is 0.0648. The first-order valence-electron chi connectivity index (χ1n) is 12.6. The molecule has 0 spiro atoms. The molecular formula is C30H26FN7O. The number of halogens is 1. The number of nitrogens with one attached hydrogen (secondary N) is 3. The molecule has 0 radical (unpaired) electrons. The van der Waals surface area contributed by atoms with Gasteiger partial charge in [0, 0.05) is 40.8 Å². The number of hydrogen-bond acceptors (Lipinski definition) is 5. The molecule has 9 heteroatoms. The number of rotatable bonds is 5. The molecule has 5 heterocycles. The molecule has 194 valence electrons. The summed E-state index contributed by atoms with van der Waals surface area (Å²) in [5.41, 5.74) is 6.54. The van der Waals surface area contributed by atoms with E-state index in [1.807, 2.05) is 51.1 Å². The first kappa shape index (κ1) is 24.4. The number of fused-ring (bicyclic) bond motifs is 2. The van der Waals surface area contributed by atoms with Crippen molar-refractivity contribution in [3.05, 3.63) is 79.0 Å². The fraction of sp³-hybridized carbons (Fsp3) is 0.167. The Morgan fingerprint density at radius 3 is 2.67 bits per heavy atom. The first-order chi connectivity index (χ1) is 18.7. The predicted octanol–water partition coefficient (Wildman–Crippen LogP) is 6.74. The van der Waals surface area contributed by atoms with E-state index in [-0.39, 0.29) is 17.1 Å². The number of carbonyl (C=O) groups excluding carboxylic acids is 1. The van der Waals surface area contributed by atoms with Crippen molar-refractivity contribution < 1.29 is 9.18 Å². The van der Waals surface area contributed by atoms with E-state index in [0.29, 0.717) is 40.3 Å². The van der Waals surface area contributed by atoms with Crippen LogP contribution >= 0.6 is 0 Å². The third-order valence-electron chi connectivity index (χ3n) is 6.35. The van der Waals surface area contributed by atoms with Crippen LogP contribution in [0.4, 0.5) is 10.1 Å². The van der Waals surface area contributed by atoms with Crippen LogP contribution in [0.2, 0.25) is 0 Å². The Bertz CT molecular complexity index is 1850. The van der Waals surface area contributed by atoms with Crippen LogP contribution in [-0.2, 0) is 4.79 Å². The van der Waals surface area contributed by atoms with Gasteiger partial charge < -0.3 is 10.3 Å². The van der Waals surface area contributed by atoms with Crippen LogP contribution in [0, 0.1) is 11.2 Å². The summed E-state index contributed by atoms with van der Waals surface area (Å²) in [7, 11) is 0. The first-order valence-corrected chi connectivity index (χ1v) is 12.6. The van der Waals surface area contributed by atoms with Crippen LogP contribution in [0.1, 0.15) is 27.2 Å². The van der Waals surface area contributed by atoms with Crippen molar-refractivity contribution >= 4 is 33.5 Å². The summed E-state index contributed by atoms with van der Waals surface area (Å²) < 4.78 is 14.6. The van der Waals surface area contributed by atoms with Crippen molar-refractivity contribution in [2.75, 3.05) is 5.32 Å². The number of aromatic amines is 2. The average Bonchev–Trinajstić information content (AvgIpc) is 3.51. The van der Waals surface area contributed by atoms with Gasteiger partial charge >= 0.3 is 0 Å². The van der Waals surface area contributed by atoms with Crippen LogP contribution < -0.4 is 5.32 Å². The maximum absolute atomic E-state index is 14.6. The topological polar surface area (TPSA) is 112 Å². The van der Waals surface area contributed by atoms with Gasteiger partial charge in [-0.15, -0.1) is 0 Å². The lowest BCUT2D eigenvalue weighted by Gasteiger charge is -2.17. The Kier molecular flexibility index (Phi) is 5.91. The van der Waals surface area contributed by atoms with Gasteiger partial charge in [0.05, 0.1) is 34.5 Å². The van der Waals surface area contributed by atoms with E-state index < -0.39 is 0 Å². The molecule has 39 heavy (non-hydrogen) atoms. The van der Waals surface area contributed by atoms with Gasteiger partial charge in [0.2, 0.25) is 5.91 Å². The van der Waals surface area contributed by atoms with Gasteiger partial charge in [-0.1, -0.05) is 32.9 Å². The highest BCUT2D eigenvalue weighted by atomic mass is 19.1. The van der Waals surface area contributed by atoms with Crippen molar-refractivity contribution in [2.45, 2.75) is 27.2 Å². The molecule has 1 aromatic carbocycles. The van der Waals surface area contributed by atoms with Crippen molar-refractivity contribution in [1.29, 1.82) is 0 Å². The number of nitrogens with zero attached hydrogens (tertiary/aromatic N) is 4. The van der Waals surface area contributed by atoms with Crippen molar-refractivity contribution in [3.8, 4) is 33.9 Å². The highest BCUT2D eigenvalue weighted by molar-refractivity contribution is 5.99. The summed E-state index contributed by atoms with van der Waals surface area (Å²) in [4.78, 5) is 29.5. The molecule has 3 N–H and O–H groups in total. The van der Waals surface area contributed by atoms with Crippen LogP contribution in [0.15, 0.2) is 73.2 Å². The van der Waals surface area contributed by atoms with Gasteiger partial charge in [-0.2, -0.15) is 5.10 Å². The number of carbonyl (C=O) groups is 1. The molecule has 0 saturated carbocycles. The summed E-state index contributed by atoms with van der Waals surface area (Å²) >= 11 is 0. The van der Waals surface area contributed by atoms with E-state index in [2.05, 4.69) is 30.5 Å². The zero-order valence-corrected chi connectivity index (χ0v) is 21.7. The molecule has 0 aliphatic heterocycles.